The van der Waals surface area contributed by atoms with Gasteiger partial charge in [0.25, 0.3) is 0 Å². The van der Waals surface area contributed by atoms with Gasteiger partial charge in [0.2, 0.25) is 0 Å². The van der Waals surface area contributed by atoms with Crippen LogP contribution in [0.1, 0.15) is 23.3 Å². The molecular formula is C20H22O6. The van der Waals surface area contributed by atoms with Crippen LogP contribution in [-0.2, 0) is 9.47 Å². The first-order valence-corrected chi connectivity index (χ1v) is 8.59. The highest BCUT2D eigenvalue weighted by atomic mass is 16.5. The Balaban J connectivity index is 1.56. The predicted molar refractivity (Wildman–Crippen MR) is 93.7 cm³/mol. The van der Waals surface area contributed by atoms with E-state index in [2.05, 4.69) is 0 Å². The number of rotatable bonds is 4. The van der Waals surface area contributed by atoms with E-state index in [1.54, 1.807) is 24.3 Å². The smallest absolute Gasteiger partial charge is 0.160 e. The Morgan fingerprint density at radius 1 is 0.769 bits per heavy atom. The molecule has 2 saturated heterocycles. The molecule has 2 aliphatic rings. The van der Waals surface area contributed by atoms with Crippen molar-refractivity contribution in [2.45, 2.75) is 12.2 Å². The maximum atomic E-state index is 10.1. The maximum Gasteiger partial charge on any atom is 0.160 e. The van der Waals surface area contributed by atoms with Crippen molar-refractivity contribution in [2.75, 3.05) is 27.4 Å². The Morgan fingerprint density at radius 2 is 1.19 bits per heavy atom. The van der Waals surface area contributed by atoms with E-state index in [1.165, 1.54) is 14.2 Å². The van der Waals surface area contributed by atoms with Crippen molar-refractivity contribution in [3.8, 4) is 23.0 Å². The summed E-state index contributed by atoms with van der Waals surface area (Å²) in [6.07, 6.45) is -0.262. The lowest BCUT2D eigenvalue weighted by Gasteiger charge is -2.18. The summed E-state index contributed by atoms with van der Waals surface area (Å²) in [7, 11) is 3.05. The molecule has 0 unspecified atom stereocenters. The van der Waals surface area contributed by atoms with Crippen LogP contribution in [0.25, 0.3) is 0 Å². The van der Waals surface area contributed by atoms with Crippen molar-refractivity contribution >= 4 is 0 Å². The number of methoxy groups -OCH3 is 2. The van der Waals surface area contributed by atoms with Crippen molar-refractivity contribution in [3.05, 3.63) is 47.5 Å². The second-order valence-electron chi connectivity index (χ2n) is 6.70. The van der Waals surface area contributed by atoms with Crippen LogP contribution in [0.2, 0.25) is 0 Å². The fourth-order valence-corrected chi connectivity index (χ4v) is 4.00. The zero-order chi connectivity index (χ0) is 18.3. The molecule has 0 radical (unpaired) electrons. The van der Waals surface area contributed by atoms with E-state index in [1.807, 2.05) is 12.1 Å². The lowest BCUT2D eigenvalue weighted by molar-refractivity contribution is 0.0191. The first kappa shape index (κ1) is 17.0. The molecule has 0 amide bonds. The Morgan fingerprint density at radius 3 is 1.54 bits per heavy atom. The number of ether oxygens (including phenoxy) is 4. The molecule has 0 aromatic heterocycles. The van der Waals surface area contributed by atoms with Crippen LogP contribution in [0.5, 0.6) is 23.0 Å². The third-order valence-corrected chi connectivity index (χ3v) is 5.33. The molecule has 0 saturated carbocycles. The van der Waals surface area contributed by atoms with E-state index in [4.69, 9.17) is 18.9 Å². The zero-order valence-corrected chi connectivity index (χ0v) is 14.7. The molecule has 0 aliphatic carbocycles. The standard InChI is InChI=1S/C20H22O6/c1-23-17-5-3-11(7-15(17)21)19-13-9-26-20(14(13)10-25-19)12-4-6-18(24-2)16(22)8-12/h3-8,13-14,19-22H,9-10H2,1-2H3/t13-,14-,19-,20-/m0/s1. The Labute approximate surface area is 151 Å². The molecule has 4 atom stereocenters. The summed E-state index contributed by atoms with van der Waals surface area (Å²) in [4.78, 5) is 0. The predicted octanol–water partition coefficient (Wildman–Crippen LogP) is 3.19. The average molecular weight is 358 g/mol. The minimum atomic E-state index is -0.131. The van der Waals surface area contributed by atoms with Gasteiger partial charge in [0.1, 0.15) is 0 Å². The van der Waals surface area contributed by atoms with Gasteiger partial charge in [-0.2, -0.15) is 0 Å². The number of benzene rings is 2. The second kappa shape index (κ2) is 6.70. The van der Waals surface area contributed by atoms with Crippen LogP contribution in [0.15, 0.2) is 36.4 Å². The van der Waals surface area contributed by atoms with Crippen LogP contribution in [0.4, 0.5) is 0 Å². The van der Waals surface area contributed by atoms with E-state index in [0.717, 1.165) is 11.1 Å². The van der Waals surface area contributed by atoms with Crippen LogP contribution in [0, 0.1) is 11.8 Å². The van der Waals surface area contributed by atoms with Gasteiger partial charge in [-0.25, -0.2) is 0 Å². The fourth-order valence-electron chi connectivity index (χ4n) is 4.00. The van der Waals surface area contributed by atoms with Crippen LogP contribution in [-0.4, -0.2) is 37.6 Å². The summed E-state index contributed by atoms with van der Waals surface area (Å²) in [5, 5.41) is 20.1. The molecule has 2 N–H and O–H groups in total. The summed E-state index contributed by atoms with van der Waals surface area (Å²) in [5.41, 5.74) is 1.83. The third-order valence-electron chi connectivity index (χ3n) is 5.33. The van der Waals surface area contributed by atoms with E-state index in [-0.39, 0.29) is 35.5 Å². The summed E-state index contributed by atoms with van der Waals surface area (Å²) < 4.78 is 22.3. The number of aromatic hydroxyl groups is 2. The molecular weight excluding hydrogens is 336 g/mol. The largest absolute Gasteiger partial charge is 0.504 e. The Hall–Kier alpha value is -2.44. The molecule has 2 heterocycles. The molecule has 2 fully saturated rings. The van der Waals surface area contributed by atoms with Gasteiger partial charge in [-0.15, -0.1) is 0 Å². The first-order chi connectivity index (χ1) is 12.6. The molecule has 0 spiro atoms. The molecule has 138 valence electrons. The van der Waals surface area contributed by atoms with Crippen LogP contribution < -0.4 is 9.47 Å². The lowest BCUT2D eigenvalue weighted by Crippen LogP contribution is -2.14. The van der Waals surface area contributed by atoms with Gasteiger partial charge in [0.05, 0.1) is 39.6 Å². The SMILES string of the molecule is COc1ccc([C@@H]2OC[C@H]3[C@@H]2CO[C@H]3c2ccc(OC)c(O)c2)cc1O. The average Bonchev–Trinajstić information content (AvgIpc) is 3.23. The van der Waals surface area contributed by atoms with Crippen LogP contribution >= 0.6 is 0 Å². The van der Waals surface area contributed by atoms with Gasteiger partial charge < -0.3 is 29.2 Å². The normalized spacial score (nSPS) is 27.3. The van der Waals surface area contributed by atoms with Crippen molar-refractivity contribution in [1.82, 2.24) is 0 Å². The summed E-state index contributed by atoms with van der Waals surface area (Å²) in [6, 6.07) is 10.7. The van der Waals surface area contributed by atoms with E-state index >= 15 is 0 Å². The summed E-state index contributed by atoms with van der Waals surface area (Å²) in [6.45, 7) is 1.14. The highest BCUT2D eigenvalue weighted by molar-refractivity contribution is 5.44. The number of phenolic OH excluding ortho intramolecular Hbond substituents is 2. The molecule has 6 nitrogen and oxygen atoms in total. The van der Waals surface area contributed by atoms with Gasteiger partial charge in [0.15, 0.2) is 23.0 Å². The number of hydrogen-bond donors (Lipinski definition) is 2. The lowest BCUT2D eigenvalue weighted by atomic mass is 9.85. The van der Waals surface area contributed by atoms with Gasteiger partial charge in [0, 0.05) is 11.8 Å². The number of hydrogen-bond acceptors (Lipinski definition) is 6. The van der Waals surface area contributed by atoms with Crippen molar-refractivity contribution in [2.24, 2.45) is 11.8 Å². The summed E-state index contributed by atoms with van der Waals surface area (Å²) in [5.74, 6) is 1.48. The summed E-state index contributed by atoms with van der Waals surface area (Å²) >= 11 is 0. The van der Waals surface area contributed by atoms with Gasteiger partial charge in [-0.1, -0.05) is 12.1 Å². The van der Waals surface area contributed by atoms with Gasteiger partial charge in [-0.3, -0.25) is 0 Å². The van der Waals surface area contributed by atoms with Gasteiger partial charge >= 0.3 is 0 Å². The number of fused-ring (bicyclic) bond motifs is 1. The molecule has 4 rings (SSSR count). The van der Waals surface area contributed by atoms with Crippen LogP contribution in [0.3, 0.4) is 0 Å². The van der Waals surface area contributed by atoms with Crippen molar-refractivity contribution in [1.29, 1.82) is 0 Å². The van der Waals surface area contributed by atoms with Crippen molar-refractivity contribution < 1.29 is 29.2 Å². The quantitative estimate of drug-likeness (QED) is 0.874. The highest BCUT2D eigenvalue weighted by Crippen LogP contribution is 2.51. The molecule has 26 heavy (non-hydrogen) atoms. The monoisotopic (exact) mass is 358 g/mol. The minimum Gasteiger partial charge on any atom is -0.504 e. The second-order valence-corrected chi connectivity index (χ2v) is 6.70. The molecule has 6 heteroatoms. The fraction of sp³-hybridized carbons (Fsp3) is 0.400. The highest BCUT2D eigenvalue weighted by Gasteiger charge is 2.48. The molecule has 2 aromatic rings. The Bertz CT molecular complexity index is 737. The molecule has 0 bridgehead atoms. The minimum absolute atomic E-state index is 0.104. The van der Waals surface area contributed by atoms with E-state index < -0.39 is 0 Å². The van der Waals surface area contributed by atoms with E-state index in [9.17, 15) is 10.2 Å². The zero-order valence-electron chi connectivity index (χ0n) is 14.7. The van der Waals surface area contributed by atoms with E-state index in [0.29, 0.717) is 24.7 Å². The number of phenols is 2. The maximum absolute atomic E-state index is 10.1. The Kier molecular flexibility index (Phi) is 4.38. The topological polar surface area (TPSA) is 77.4 Å². The third kappa shape index (κ3) is 2.75. The van der Waals surface area contributed by atoms with Crippen molar-refractivity contribution in [3.63, 3.8) is 0 Å². The molecule has 2 aromatic carbocycles. The molecule has 2 aliphatic heterocycles. The first-order valence-electron chi connectivity index (χ1n) is 8.59. The van der Waals surface area contributed by atoms with Gasteiger partial charge in [-0.05, 0) is 35.4 Å².